The molecular formula is C31H42ClN3O4. The fourth-order valence-corrected chi connectivity index (χ4v) is 4.59. The van der Waals surface area contributed by atoms with Gasteiger partial charge in [-0.3, -0.25) is 9.59 Å². The lowest BCUT2D eigenvalue weighted by molar-refractivity contribution is -0.141. The third-order valence-corrected chi connectivity index (χ3v) is 6.83. The zero-order chi connectivity index (χ0) is 29.5. The maximum Gasteiger partial charge on any atom is 0.408 e. The van der Waals surface area contributed by atoms with Gasteiger partial charge in [0.2, 0.25) is 5.91 Å². The molecule has 0 bridgehead atoms. The molecule has 7 nitrogen and oxygen atoms in total. The molecule has 2 rings (SSSR count). The predicted molar refractivity (Wildman–Crippen MR) is 158 cm³/mol. The number of aryl methyl sites for hydroxylation is 3. The zero-order valence-electron chi connectivity index (χ0n) is 24.4. The van der Waals surface area contributed by atoms with Gasteiger partial charge in [0.1, 0.15) is 17.7 Å². The van der Waals surface area contributed by atoms with Crippen molar-refractivity contribution in [2.45, 2.75) is 79.5 Å². The van der Waals surface area contributed by atoms with Crippen molar-refractivity contribution in [1.82, 2.24) is 10.2 Å². The lowest BCUT2D eigenvalue weighted by Gasteiger charge is -2.36. The summed E-state index contributed by atoms with van der Waals surface area (Å²) in [6, 6.07) is 9.16. The molecule has 8 heteroatoms. The van der Waals surface area contributed by atoms with Gasteiger partial charge in [-0.05, 0) is 70.2 Å². The molecule has 2 aromatic carbocycles. The van der Waals surface area contributed by atoms with E-state index in [1.165, 1.54) is 4.90 Å². The fourth-order valence-electron chi connectivity index (χ4n) is 4.32. The number of halogens is 1. The number of para-hydroxylation sites is 1. The maximum atomic E-state index is 14.2. The molecule has 0 aromatic heterocycles. The van der Waals surface area contributed by atoms with Crippen LogP contribution in [0, 0.1) is 26.7 Å². The van der Waals surface area contributed by atoms with E-state index >= 15 is 0 Å². The Kier molecular flexibility index (Phi) is 11.2. The zero-order valence-corrected chi connectivity index (χ0v) is 25.1. The van der Waals surface area contributed by atoms with E-state index in [4.69, 9.17) is 16.3 Å². The smallest absolute Gasteiger partial charge is 0.408 e. The first-order chi connectivity index (χ1) is 18.2. The van der Waals surface area contributed by atoms with Crippen molar-refractivity contribution < 1.29 is 19.1 Å². The number of hydrogen-bond donors (Lipinski definition) is 2. The minimum atomic E-state index is -1.02. The van der Waals surface area contributed by atoms with Gasteiger partial charge in [-0.2, -0.15) is 0 Å². The van der Waals surface area contributed by atoms with Gasteiger partial charge in [0, 0.05) is 6.54 Å². The number of anilines is 1. The highest BCUT2D eigenvalue weighted by atomic mass is 35.5. The van der Waals surface area contributed by atoms with Gasteiger partial charge >= 0.3 is 6.09 Å². The van der Waals surface area contributed by atoms with Crippen LogP contribution >= 0.6 is 11.6 Å². The summed E-state index contributed by atoms with van der Waals surface area (Å²) in [5, 5.41) is 6.11. The third-order valence-electron chi connectivity index (χ3n) is 6.51. The average Bonchev–Trinajstić information content (AvgIpc) is 2.83. The van der Waals surface area contributed by atoms with Crippen molar-refractivity contribution in [3.05, 3.63) is 76.3 Å². The van der Waals surface area contributed by atoms with E-state index in [1.807, 2.05) is 65.0 Å². The van der Waals surface area contributed by atoms with Crippen molar-refractivity contribution in [3.63, 3.8) is 0 Å². The number of nitrogens with one attached hydrogen (secondary N) is 2. The predicted octanol–water partition coefficient (Wildman–Crippen LogP) is 6.90. The van der Waals surface area contributed by atoms with Gasteiger partial charge in [0.25, 0.3) is 5.91 Å². The van der Waals surface area contributed by atoms with E-state index in [1.54, 1.807) is 32.9 Å². The molecule has 0 radical (unpaired) electrons. The first kappa shape index (κ1) is 31.9. The summed E-state index contributed by atoms with van der Waals surface area (Å²) >= 11 is 6.43. The highest BCUT2D eigenvalue weighted by molar-refractivity contribution is 6.34. The topological polar surface area (TPSA) is 87.7 Å². The second-order valence-electron chi connectivity index (χ2n) is 11.0. The van der Waals surface area contributed by atoms with E-state index in [9.17, 15) is 14.4 Å². The summed E-state index contributed by atoms with van der Waals surface area (Å²) in [6.45, 7) is 18.7. The molecule has 0 heterocycles. The van der Waals surface area contributed by atoms with E-state index in [0.717, 1.165) is 16.7 Å². The minimum absolute atomic E-state index is 0.0780. The summed E-state index contributed by atoms with van der Waals surface area (Å²) in [4.78, 5) is 42.5. The van der Waals surface area contributed by atoms with Gasteiger partial charge < -0.3 is 20.3 Å². The van der Waals surface area contributed by atoms with E-state index in [-0.39, 0.29) is 12.5 Å². The van der Waals surface area contributed by atoms with Crippen LogP contribution in [0.2, 0.25) is 5.02 Å². The Hall–Kier alpha value is -3.32. The number of carbonyl (C=O) groups excluding carboxylic acids is 3. The molecule has 3 unspecified atom stereocenters. The van der Waals surface area contributed by atoms with E-state index < -0.39 is 35.6 Å². The van der Waals surface area contributed by atoms with Crippen LogP contribution in [0.3, 0.4) is 0 Å². The second kappa shape index (κ2) is 13.7. The molecule has 0 aliphatic rings. The van der Waals surface area contributed by atoms with Gasteiger partial charge in [0.05, 0.1) is 10.7 Å². The normalized spacial score (nSPS) is 13.6. The van der Waals surface area contributed by atoms with Crippen molar-refractivity contribution in [1.29, 1.82) is 0 Å². The molecule has 0 saturated heterocycles. The van der Waals surface area contributed by atoms with Gasteiger partial charge in [-0.25, -0.2) is 4.79 Å². The van der Waals surface area contributed by atoms with Gasteiger partial charge in [0.15, 0.2) is 0 Å². The summed E-state index contributed by atoms with van der Waals surface area (Å²) in [6.07, 6.45) is 1.50. The van der Waals surface area contributed by atoms with Crippen molar-refractivity contribution >= 4 is 35.2 Å². The molecule has 3 atom stereocenters. The quantitative estimate of drug-likeness (QED) is 0.312. The Balaban J connectivity index is 2.62. The summed E-state index contributed by atoms with van der Waals surface area (Å²) < 4.78 is 5.45. The Morgan fingerprint density at radius 2 is 1.77 bits per heavy atom. The lowest BCUT2D eigenvalue weighted by atomic mass is 9.93. The molecule has 0 aliphatic carbocycles. The minimum Gasteiger partial charge on any atom is -0.444 e. The fraction of sp³-hybridized carbons (Fsp3) is 0.452. The monoisotopic (exact) mass is 555 g/mol. The largest absolute Gasteiger partial charge is 0.444 e. The van der Waals surface area contributed by atoms with Gasteiger partial charge in [-0.15, -0.1) is 6.58 Å². The molecule has 0 spiro atoms. The van der Waals surface area contributed by atoms with Gasteiger partial charge in [-0.1, -0.05) is 73.8 Å². The van der Waals surface area contributed by atoms with Crippen LogP contribution in [0.4, 0.5) is 10.5 Å². The SMILES string of the molecule is C=CCN(C(=O)C(NC(=O)OC(C)(C)C)C(C)CC)C(C(=O)Nc1c(C)cccc1Cl)c1ccc(C)cc1C. The van der Waals surface area contributed by atoms with Crippen LogP contribution < -0.4 is 10.6 Å². The molecule has 2 N–H and O–H groups in total. The lowest BCUT2D eigenvalue weighted by Crippen LogP contribution is -2.54. The number of alkyl carbamates (subject to hydrolysis) is 1. The summed E-state index contributed by atoms with van der Waals surface area (Å²) in [7, 11) is 0. The summed E-state index contributed by atoms with van der Waals surface area (Å²) in [5.41, 5.74) is 3.09. The first-order valence-electron chi connectivity index (χ1n) is 13.2. The number of amides is 3. The van der Waals surface area contributed by atoms with Crippen LogP contribution in [0.5, 0.6) is 0 Å². The Labute approximate surface area is 237 Å². The second-order valence-corrected chi connectivity index (χ2v) is 11.4. The Morgan fingerprint density at radius 1 is 1.10 bits per heavy atom. The number of benzene rings is 2. The average molecular weight is 556 g/mol. The van der Waals surface area contributed by atoms with Crippen LogP contribution in [0.1, 0.15) is 69.3 Å². The van der Waals surface area contributed by atoms with Crippen LogP contribution in [-0.2, 0) is 14.3 Å². The molecule has 0 fully saturated rings. The Morgan fingerprint density at radius 3 is 2.31 bits per heavy atom. The highest BCUT2D eigenvalue weighted by Crippen LogP contribution is 2.31. The van der Waals surface area contributed by atoms with Crippen LogP contribution in [-0.4, -0.2) is 41.0 Å². The molecule has 0 aliphatic heterocycles. The molecule has 212 valence electrons. The van der Waals surface area contributed by atoms with E-state index in [2.05, 4.69) is 17.2 Å². The number of carbonyl (C=O) groups is 3. The number of ether oxygens (including phenoxy) is 1. The van der Waals surface area contributed by atoms with Crippen molar-refractivity contribution in [3.8, 4) is 0 Å². The number of nitrogens with zero attached hydrogens (tertiary/aromatic N) is 1. The molecule has 2 aromatic rings. The number of rotatable bonds is 10. The van der Waals surface area contributed by atoms with E-state index in [0.29, 0.717) is 22.7 Å². The molecule has 3 amide bonds. The molecule has 0 saturated carbocycles. The summed E-state index contributed by atoms with van der Waals surface area (Å²) in [5.74, 6) is -1.06. The van der Waals surface area contributed by atoms with Crippen LogP contribution in [0.15, 0.2) is 49.1 Å². The highest BCUT2D eigenvalue weighted by Gasteiger charge is 2.38. The molecular weight excluding hydrogens is 514 g/mol. The van der Waals surface area contributed by atoms with Crippen molar-refractivity contribution in [2.24, 2.45) is 5.92 Å². The molecule has 39 heavy (non-hydrogen) atoms. The van der Waals surface area contributed by atoms with Crippen molar-refractivity contribution in [2.75, 3.05) is 11.9 Å². The maximum absolute atomic E-state index is 14.2. The third kappa shape index (κ3) is 8.59. The number of hydrogen-bond acceptors (Lipinski definition) is 4. The Bertz CT molecular complexity index is 1180. The van der Waals surface area contributed by atoms with Crippen LogP contribution in [0.25, 0.3) is 0 Å². The first-order valence-corrected chi connectivity index (χ1v) is 13.6. The standard InChI is InChI=1S/C31H42ClN3O4/c1-10-17-35(29(37)26(20(4)11-2)34-30(38)39-31(7,8)9)27(23-16-15-19(3)18-22(23)6)28(36)33-25-21(5)13-12-14-24(25)32/h10,12-16,18,20,26-27H,1,11,17H2,2-9H3,(H,33,36)(H,34,38).